The molecule has 6 nitrogen and oxygen atoms in total. The average molecular weight is 533 g/mol. The molecular weight excluding hydrogens is 504 g/mol. The fraction of sp³-hybridized carbons (Fsp3) is 0.125. The molecule has 1 fully saturated rings. The van der Waals surface area contributed by atoms with Crippen molar-refractivity contribution in [2.24, 2.45) is 4.99 Å². The first-order valence-corrected chi connectivity index (χ1v) is 13.7. The fourth-order valence-corrected chi connectivity index (χ4v) is 5.87. The summed E-state index contributed by atoms with van der Waals surface area (Å²) in [5.41, 5.74) is 6.13. The van der Waals surface area contributed by atoms with E-state index in [1.165, 1.54) is 22.7 Å². The zero-order chi connectivity index (χ0) is 26.8. The summed E-state index contributed by atoms with van der Waals surface area (Å²) in [6.45, 7) is 2.60. The van der Waals surface area contributed by atoms with Crippen LogP contribution in [0.2, 0.25) is 0 Å². The number of amides is 1. The molecule has 194 valence electrons. The highest BCUT2D eigenvalue weighted by Gasteiger charge is 2.33. The molecule has 0 saturated carbocycles. The van der Waals surface area contributed by atoms with E-state index in [0.717, 1.165) is 40.4 Å². The highest BCUT2D eigenvalue weighted by atomic mass is 32.2. The summed E-state index contributed by atoms with van der Waals surface area (Å²) < 4.78 is 7.47. The van der Waals surface area contributed by atoms with Crippen molar-refractivity contribution in [2.75, 3.05) is 13.7 Å². The molecule has 0 spiro atoms. The van der Waals surface area contributed by atoms with Crippen LogP contribution in [0, 0.1) is 6.92 Å². The summed E-state index contributed by atoms with van der Waals surface area (Å²) in [5, 5.41) is 1.87. The van der Waals surface area contributed by atoms with E-state index in [-0.39, 0.29) is 5.91 Å². The number of carbonyl (C=O) groups is 1. The first-order valence-electron chi connectivity index (χ1n) is 12.8. The van der Waals surface area contributed by atoms with Gasteiger partial charge >= 0.3 is 0 Å². The molecule has 0 unspecified atom stereocenters. The largest absolute Gasteiger partial charge is 0.497 e. The van der Waals surface area contributed by atoms with E-state index in [1.54, 1.807) is 12.0 Å². The van der Waals surface area contributed by atoms with Gasteiger partial charge in [-0.1, -0.05) is 36.4 Å². The van der Waals surface area contributed by atoms with Gasteiger partial charge in [0.25, 0.3) is 5.91 Å². The lowest BCUT2D eigenvalue weighted by atomic mass is 10.1. The van der Waals surface area contributed by atoms with E-state index in [2.05, 4.69) is 34.7 Å². The molecule has 39 heavy (non-hydrogen) atoms. The van der Waals surface area contributed by atoms with Gasteiger partial charge in [-0.25, -0.2) is 4.99 Å². The van der Waals surface area contributed by atoms with Crippen molar-refractivity contribution in [3.63, 3.8) is 0 Å². The molecule has 0 bridgehead atoms. The smallest absolute Gasteiger partial charge is 0.266 e. The number of amidine groups is 1. The van der Waals surface area contributed by atoms with Crippen LogP contribution in [-0.4, -0.2) is 39.2 Å². The van der Waals surface area contributed by atoms with Gasteiger partial charge in [0.05, 0.1) is 17.7 Å². The molecule has 2 aromatic heterocycles. The van der Waals surface area contributed by atoms with E-state index in [9.17, 15) is 4.79 Å². The number of aliphatic imine (C=N–C) groups is 1. The van der Waals surface area contributed by atoms with Gasteiger partial charge in [0.1, 0.15) is 5.75 Å². The summed E-state index contributed by atoms with van der Waals surface area (Å²) in [5.74, 6) is 0.771. The van der Waals surface area contributed by atoms with E-state index >= 15 is 0 Å². The first kappa shape index (κ1) is 24.8. The van der Waals surface area contributed by atoms with Crippen molar-refractivity contribution in [3.05, 3.63) is 119 Å². The second-order valence-electron chi connectivity index (χ2n) is 9.34. The molecule has 1 aliphatic rings. The average Bonchev–Trinajstić information content (AvgIpc) is 3.64. The summed E-state index contributed by atoms with van der Waals surface area (Å²) >= 11 is 1.42. The Hall–Kier alpha value is -4.49. The first-order chi connectivity index (χ1) is 19.1. The van der Waals surface area contributed by atoms with E-state index in [4.69, 9.17) is 9.73 Å². The lowest BCUT2D eigenvalue weighted by molar-refractivity contribution is -0.122. The number of nitrogens with zero attached hydrogens (tertiary/aromatic N) is 3. The van der Waals surface area contributed by atoms with Crippen LogP contribution in [0.15, 0.2) is 107 Å². The van der Waals surface area contributed by atoms with Crippen LogP contribution in [0.25, 0.3) is 22.7 Å². The Morgan fingerprint density at radius 2 is 1.72 bits per heavy atom. The van der Waals surface area contributed by atoms with Crippen LogP contribution in [0.1, 0.15) is 17.0 Å². The maximum absolute atomic E-state index is 13.8. The van der Waals surface area contributed by atoms with Crippen molar-refractivity contribution in [1.29, 1.82) is 0 Å². The number of benzene rings is 3. The molecule has 1 saturated heterocycles. The predicted octanol–water partition coefficient (Wildman–Crippen LogP) is 7.12. The summed E-state index contributed by atoms with van der Waals surface area (Å²) in [6, 6.07) is 30.1. The number of fused-ring (bicyclic) bond motifs is 1. The van der Waals surface area contributed by atoms with Crippen LogP contribution in [0.3, 0.4) is 0 Å². The standard InChI is InChI=1S/C32H28N4O2S/c1-22-12-13-26(36(22)25-14-16-27(38-2)17-15-25)20-30-31(37)35(32(39-30)34-24-8-4-3-5-9-24)19-18-23-21-33-29-11-7-6-10-28(23)29/h3-17,20-21,33H,18-19H2,1-2H3/b30-20-,34-32?. The molecule has 3 aromatic carbocycles. The summed E-state index contributed by atoms with van der Waals surface area (Å²) in [7, 11) is 1.66. The third-order valence-corrected chi connectivity index (χ3v) is 7.87. The summed E-state index contributed by atoms with van der Waals surface area (Å²) in [6.07, 6.45) is 4.73. The Balaban J connectivity index is 1.33. The molecule has 0 aliphatic carbocycles. The van der Waals surface area contributed by atoms with Gasteiger partial charge in [-0.15, -0.1) is 0 Å². The zero-order valence-corrected chi connectivity index (χ0v) is 22.6. The topological polar surface area (TPSA) is 62.6 Å². The number of thioether (sulfide) groups is 1. The number of nitrogens with one attached hydrogen (secondary N) is 1. The maximum Gasteiger partial charge on any atom is 0.266 e. The molecule has 5 aromatic rings. The van der Waals surface area contributed by atoms with Crippen molar-refractivity contribution < 1.29 is 9.53 Å². The number of hydrogen-bond acceptors (Lipinski definition) is 4. The van der Waals surface area contributed by atoms with Gasteiger partial charge in [-0.05, 0) is 91.3 Å². The predicted molar refractivity (Wildman–Crippen MR) is 160 cm³/mol. The molecule has 6 rings (SSSR count). The third kappa shape index (κ3) is 5.01. The maximum atomic E-state index is 13.8. The Kier molecular flexibility index (Phi) is 6.82. The van der Waals surface area contributed by atoms with Crippen LogP contribution in [0.5, 0.6) is 5.75 Å². The van der Waals surface area contributed by atoms with Crippen LogP contribution in [0.4, 0.5) is 5.69 Å². The van der Waals surface area contributed by atoms with Gasteiger partial charge in [0.2, 0.25) is 0 Å². The molecule has 1 N–H and O–H groups in total. The lowest BCUT2D eigenvalue weighted by Gasteiger charge is -2.15. The van der Waals surface area contributed by atoms with E-state index in [1.807, 2.05) is 85.1 Å². The van der Waals surface area contributed by atoms with Gasteiger partial charge in [-0.3, -0.25) is 9.69 Å². The van der Waals surface area contributed by atoms with Crippen molar-refractivity contribution >= 4 is 45.5 Å². The molecule has 3 heterocycles. The molecule has 0 radical (unpaired) electrons. The monoisotopic (exact) mass is 532 g/mol. The minimum absolute atomic E-state index is 0.0327. The van der Waals surface area contributed by atoms with Crippen molar-refractivity contribution in [1.82, 2.24) is 14.5 Å². The number of aromatic nitrogens is 2. The lowest BCUT2D eigenvalue weighted by Crippen LogP contribution is -2.31. The number of hydrogen-bond donors (Lipinski definition) is 1. The molecule has 1 aliphatic heterocycles. The van der Waals surface area contributed by atoms with Crippen molar-refractivity contribution in [2.45, 2.75) is 13.3 Å². The number of ether oxygens (including phenoxy) is 1. The minimum atomic E-state index is -0.0327. The zero-order valence-electron chi connectivity index (χ0n) is 21.8. The van der Waals surface area contributed by atoms with Crippen LogP contribution in [-0.2, 0) is 11.2 Å². The molecular formula is C32H28N4O2S. The van der Waals surface area contributed by atoms with Gasteiger partial charge in [0, 0.05) is 40.7 Å². The van der Waals surface area contributed by atoms with E-state index < -0.39 is 0 Å². The number of carbonyl (C=O) groups excluding carboxylic acids is 1. The van der Waals surface area contributed by atoms with Gasteiger partial charge in [0.15, 0.2) is 5.17 Å². The number of H-pyrrole nitrogens is 1. The molecule has 0 atom stereocenters. The number of methoxy groups -OCH3 is 1. The van der Waals surface area contributed by atoms with Crippen LogP contribution < -0.4 is 4.74 Å². The Labute approximate surface area is 231 Å². The molecule has 1 amide bonds. The number of para-hydroxylation sites is 2. The quantitative estimate of drug-likeness (QED) is 0.227. The second kappa shape index (κ2) is 10.7. The summed E-state index contributed by atoms with van der Waals surface area (Å²) in [4.78, 5) is 24.4. The Morgan fingerprint density at radius 1 is 0.949 bits per heavy atom. The number of aromatic amines is 1. The van der Waals surface area contributed by atoms with E-state index in [0.29, 0.717) is 16.6 Å². The van der Waals surface area contributed by atoms with Gasteiger partial charge < -0.3 is 14.3 Å². The number of rotatable bonds is 7. The Bertz CT molecular complexity index is 1700. The third-order valence-electron chi connectivity index (χ3n) is 6.86. The minimum Gasteiger partial charge on any atom is -0.497 e. The normalized spacial score (nSPS) is 15.6. The SMILES string of the molecule is COc1ccc(-n2c(C)ccc2/C=C2\SC(=Nc3ccccc3)N(CCc3c[nH]c4ccccc34)C2=O)cc1. The van der Waals surface area contributed by atoms with Gasteiger partial charge in [-0.2, -0.15) is 0 Å². The molecule has 7 heteroatoms. The van der Waals surface area contributed by atoms with Crippen LogP contribution >= 0.6 is 11.8 Å². The highest BCUT2D eigenvalue weighted by molar-refractivity contribution is 8.18. The highest BCUT2D eigenvalue weighted by Crippen LogP contribution is 2.35. The Morgan fingerprint density at radius 3 is 2.51 bits per heavy atom. The van der Waals surface area contributed by atoms with Crippen molar-refractivity contribution in [3.8, 4) is 11.4 Å². The second-order valence-corrected chi connectivity index (χ2v) is 10.3. The fourth-order valence-electron chi connectivity index (χ4n) is 4.86. The number of aryl methyl sites for hydroxylation is 1.